The molecule has 1 heterocycles. The van der Waals surface area contributed by atoms with E-state index in [1.807, 2.05) is 0 Å². The van der Waals surface area contributed by atoms with Crippen molar-refractivity contribution in [2.24, 2.45) is 0 Å². The first-order valence-electron chi connectivity index (χ1n) is 19.0. The van der Waals surface area contributed by atoms with E-state index in [0.29, 0.717) is 0 Å². The lowest BCUT2D eigenvalue weighted by atomic mass is 9.94. The van der Waals surface area contributed by atoms with Gasteiger partial charge in [-0.3, -0.25) is 0 Å². The number of rotatable bonds is 8. The predicted molar refractivity (Wildman–Crippen MR) is 235 cm³/mol. The third-order valence-electron chi connectivity index (χ3n) is 11.0. The molecule has 0 saturated carbocycles. The second-order valence-electron chi connectivity index (χ2n) is 14.6. The van der Waals surface area contributed by atoms with E-state index in [1.165, 1.54) is 55.3 Å². The molecule has 1 aromatic heterocycles. The molecule has 0 aliphatic rings. The van der Waals surface area contributed by atoms with Crippen LogP contribution in [0.25, 0.3) is 44.1 Å². The Morgan fingerprint density at radius 1 is 0.327 bits per heavy atom. The lowest BCUT2D eigenvalue weighted by Crippen LogP contribution is -2.11. The zero-order valence-corrected chi connectivity index (χ0v) is 31.7. The number of fused-ring (bicyclic) bond motifs is 3. The van der Waals surface area contributed by atoms with E-state index >= 15 is 0 Å². The standard InChI is InChI=1S/C52H43N3/c1-35-29-45(51(31-37(35)3)54(41-17-9-5-10-18-41)42-19-11-6-12-20-42)39-25-27-49-47(33-39)48-34-40(26-28-50(48)53-49)46-30-36(2)38(4)32-52(46)55(43-21-13-7-14-22-43)44-23-15-8-16-24-44/h5-34,53H,1-4H3. The number of H-pyrrole nitrogens is 1. The molecule has 266 valence electrons. The molecule has 0 fully saturated rings. The molecule has 0 bridgehead atoms. The lowest BCUT2D eigenvalue weighted by molar-refractivity contribution is 1.25. The van der Waals surface area contributed by atoms with Gasteiger partial charge in [-0.1, -0.05) is 84.9 Å². The van der Waals surface area contributed by atoms with Crippen molar-refractivity contribution in [3.8, 4) is 22.3 Å². The van der Waals surface area contributed by atoms with Gasteiger partial charge in [-0.25, -0.2) is 0 Å². The Balaban J connectivity index is 1.23. The van der Waals surface area contributed by atoms with Gasteiger partial charge in [0.2, 0.25) is 0 Å². The Labute approximate surface area is 323 Å². The average molecular weight is 710 g/mol. The summed E-state index contributed by atoms with van der Waals surface area (Å²) in [5.74, 6) is 0. The molecular weight excluding hydrogens is 667 g/mol. The van der Waals surface area contributed by atoms with Crippen LogP contribution in [-0.2, 0) is 0 Å². The van der Waals surface area contributed by atoms with Crippen LogP contribution in [0.2, 0.25) is 0 Å². The molecule has 8 aromatic carbocycles. The monoisotopic (exact) mass is 709 g/mol. The Morgan fingerprint density at radius 2 is 0.636 bits per heavy atom. The fourth-order valence-electron chi connectivity index (χ4n) is 7.83. The summed E-state index contributed by atoms with van der Waals surface area (Å²) in [7, 11) is 0. The maximum absolute atomic E-state index is 3.73. The van der Waals surface area contributed by atoms with Gasteiger partial charge in [0.05, 0.1) is 11.4 Å². The Kier molecular flexibility index (Phi) is 8.76. The number of nitrogens with one attached hydrogen (secondary N) is 1. The van der Waals surface area contributed by atoms with Crippen molar-refractivity contribution in [2.75, 3.05) is 9.80 Å². The molecule has 0 saturated heterocycles. The summed E-state index contributed by atoms with van der Waals surface area (Å²) in [4.78, 5) is 8.50. The van der Waals surface area contributed by atoms with Gasteiger partial charge in [0.1, 0.15) is 0 Å². The smallest absolute Gasteiger partial charge is 0.0542 e. The first kappa shape index (κ1) is 34.0. The molecule has 0 radical (unpaired) electrons. The van der Waals surface area contributed by atoms with Crippen LogP contribution in [-0.4, -0.2) is 4.98 Å². The predicted octanol–water partition coefficient (Wildman–Crippen LogP) is 14.8. The van der Waals surface area contributed by atoms with Crippen LogP contribution in [0.15, 0.2) is 182 Å². The second-order valence-corrected chi connectivity index (χ2v) is 14.6. The number of nitrogens with zero attached hydrogens (tertiary/aromatic N) is 2. The van der Waals surface area contributed by atoms with Crippen molar-refractivity contribution >= 4 is 55.9 Å². The summed E-state index contributed by atoms with van der Waals surface area (Å²) in [5, 5.41) is 2.41. The second kappa shape index (κ2) is 14.2. The first-order chi connectivity index (χ1) is 26.9. The minimum absolute atomic E-state index is 1.12. The third kappa shape index (κ3) is 6.34. The molecule has 1 N–H and O–H groups in total. The van der Waals surface area contributed by atoms with Crippen LogP contribution < -0.4 is 9.80 Å². The summed E-state index contributed by atoms with van der Waals surface area (Å²) in [6.45, 7) is 8.84. The topological polar surface area (TPSA) is 22.3 Å². The van der Waals surface area contributed by atoms with Gasteiger partial charge in [0, 0.05) is 55.7 Å². The van der Waals surface area contributed by atoms with Gasteiger partial charge in [-0.15, -0.1) is 0 Å². The van der Waals surface area contributed by atoms with E-state index in [-0.39, 0.29) is 0 Å². The van der Waals surface area contributed by atoms with Gasteiger partial charge in [-0.2, -0.15) is 0 Å². The molecule has 0 aliphatic heterocycles. The highest BCUT2D eigenvalue weighted by molar-refractivity contribution is 6.10. The normalized spacial score (nSPS) is 11.3. The molecule has 3 heteroatoms. The summed E-state index contributed by atoms with van der Waals surface area (Å²) in [5.41, 5.74) is 18.9. The largest absolute Gasteiger partial charge is 0.355 e. The van der Waals surface area contributed by atoms with E-state index in [0.717, 1.165) is 45.2 Å². The van der Waals surface area contributed by atoms with Crippen molar-refractivity contribution in [1.82, 2.24) is 4.98 Å². The number of benzene rings is 8. The van der Waals surface area contributed by atoms with Crippen molar-refractivity contribution in [2.45, 2.75) is 27.7 Å². The molecule has 0 unspecified atom stereocenters. The van der Waals surface area contributed by atoms with Gasteiger partial charge < -0.3 is 14.8 Å². The number of anilines is 6. The number of aromatic amines is 1. The number of para-hydroxylation sites is 4. The minimum atomic E-state index is 1.12. The van der Waals surface area contributed by atoms with E-state index in [2.05, 4.69) is 224 Å². The zero-order valence-electron chi connectivity index (χ0n) is 31.7. The summed E-state index contributed by atoms with van der Waals surface area (Å²) >= 11 is 0. The average Bonchev–Trinajstić information content (AvgIpc) is 3.59. The molecule has 3 nitrogen and oxygen atoms in total. The fourth-order valence-corrected chi connectivity index (χ4v) is 7.83. The Morgan fingerprint density at radius 3 is 0.964 bits per heavy atom. The van der Waals surface area contributed by atoms with E-state index in [9.17, 15) is 0 Å². The van der Waals surface area contributed by atoms with E-state index in [4.69, 9.17) is 0 Å². The zero-order chi connectivity index (χ0) is 37.5. The number of aryl methyl sites for hydroxylation is 4. The van der Waals surface area contributed by atoms with Gasteiger partial charge in [0.15, 0.2) is 0 Å². The van der Waals surface area contributed by atoms with Crippen LogP contribution in [0, 0.1) is 27.7 Å². The summed E-state index contributed by atoms with van der Waals surface area (Å²) in [6.07, 6.45) is 0. The Bertz CT molecular complexity index is 2510. The van der Waals surface area contributed by atoms with E-state index < -0.39 is 0 Å². The van der Waals surface area contributed by atoms with Crippen LogP contribution >= 0.6 is 0 Å². The molecule has 9 aromatic rings. The van der Waals surface area contributed by atoms with Crippen LogP contribution in [0.1, 0.15) is 22.3 Å². The number of hydrogen-bond donors (Lipinski definition) is 1. The highest BCUT2D eigenvalue weighted by Gasteiger charge is 2.21. The molecule has 9 rings (SSSR count). The van der Waals surface area contributed by atoms with Crippen molar-refractivity contribution in [3.63, 3.8) is 0 Å². The highest BCUT2D eigenvalue weighted by Crippen LogP contribution is 2.45. The maximum Gasteiger partial charge on any atom is 0.0542 e. The van der Waals surface area contributed by atoms with Gasteiger partial charge in [0.25, 0.3) is 0 Å². The highest BCUT2D eigenvalue weighted by atomic mass is 15.1. The van der Waals surface area contributed by atoms with Crippen LogP contribution in [0.3, 0.4) is 0 Å². The SMILES string of the molecule is Cc1cc(-c2ccc3[nH]c4ccc(-c5cc(C)c(C)cc5N(c5ccccc5)c5ccccc5)cc4c3c2)c(N(c2ccccc2)c2ccccc2)cc1C. The minimum Gasteiger partial charge on any atom is -0.355 e. The van der Waals surface area contributed by atoms with Crippen molar-refractivity contribution in [3.05, 3.63) is 204 Å². The fraction of sp³-hybridized carbons (Fsp3) is 0.0769. The van der Waals surface area contributed by atoms with Crippen molar-refractivity contribution in [1.29, 1.82) is 0 Å². The quantitative estimate of drug-likeness (QED) is 0.170. The number of aromatic nitrogens is 1. The van der Waals surface area contributed by atoms with Crippen LogP contribution in [0.5, 0.6) is 0 Å². The van der Waals surface area contributed by atoms with Gasteiger partial charge >= 0.3 is 0 Å². The lowest BCUT2D eigenvalue weighted by Gasteiger charge is -2.29. The molecule has 55 heavy (non-hydrogen) atoms. The van der Waals surface area contributed by atoms with Crippen LogP contribution in [0.4, 0.5) is 34.1 Å². The van der Waals surface area contributed by atoms with Crippen molar-refractivity contribution < 1.29 is 0 Å². The summed E-state index contributed by atoms with van der Waals surface area (Å²) in [6, 6.07) is 65.9. The first-order valence-corrected chi connectivity index (χ1v) is 19.0. The molecule has 0 spiro atoms. The third-order valence-corrected chi connectivity index (χ3v) is 11.0. The molecule has 0 amide bonds. The number of hydrogen-bond acceptors (Lipinski definition) is 2. The molecule has 0 aliphatic carbocycles. The maximum atomic E-state index is 3.73. The Hall–Kier alpha value is -6.84. The molecular formula is C52H43N3. The molecule has 0 atom stereocenters. The summed E-state index contributed by atoms with van der Waals surface area (Å²) < 4.78 is 0. The van der Waals surface area contributed by atoms with E-state index in [1.54, 1.807) is 0 Å². The van der Waals surface area contributed by atoms with Gasteiger partial charge in [-0.05, 0) is 158 Å².